The number of ether oxygens (including phenoxy) is 3. The molecule has 0 saturated heterocycles. The summed E-state index contributed by atoms with van der Waals surface area (Å²) < 4.78 is 37.6. The monoisotopic (exact) mass is 356 g/mol. The van der Waals surface area contributed by atoms with Gasteiger partial charge in [-0.05, 0) is 20.8 Å². The average molecular weight is 356 g/mol. The Labute approximate surface area is 137 Å². The largest absolute Gasteiger partial charge is 0.480 e. The zero-order chi connectivity index (χ0) is 18.9. The maximum absolute atomic E-state index is 12.0. The molecule has 0 heterocycles. The topological polar surface area (TPSA) is 123 Å². The smallest absolute Gasteiger partial charge is 0.408 e. The lowest BCUT2D eigenvalue weighted by atomic mass is 10.2. The molecular weight excluding hydrogens is 334 g/mol. The average Bonchev–Trinajstić information content (AvgIpc) is 2.39. The molecule has 0 fully saturated rings. The Morgan fingerprint density at radius 2 is 1.67 bits per heavy atom. The molecule has 24 heavy (non-hydrogen) atoms. The highest BCUT2D eigenvalue weighted by molar-refractivity contribution is 5.89. The van der Waals surface area contributed by atoms with Crippen LogP contribution in [-0.2, 0) is 23.8 Å². The van der Waals surface area contributed by atoms with Gasteiger partial charge in [-0.1, -0.05) is 0 Å². The van der Waals surface area contributed by atoms with Crippen LogP contribution in [0.25, 0.3) is 0 Å². The summed E-state index contributed by atoms with van der Waals surface area (Å²) in [6.07, 6.45) is -0.921. The molecule has 9 nitrogen and oxygen atoms in total. The molecule has 0 aromatic rings. The zero-order valence-electron chi connectivity index (χ0n) is 13.8. The van der Waals surface area contributed by atoms with Gasteiger partial charge < -0.3 is 30.0 Å². The normalized spacial score (nSPS) is 14.0. The summed E-state index contributed by atoms with van der Waals surface area (Å²) in [5.41, 5.74) is -0.813. The fourth-order valence-corrected chi connectivity index (χ4v) is 1.42. The van der Waals surface area contributed by atoms with E-state index >= 15 is 0 Å². The van der Waals surface area contributed by atoms with Crippen molar-refractivity contribution in [1.29, 1.82) is 0 Å². The van der Waals surface area contributed by atoms with Gasteiger partial charge in [-0.15, -0.1) is 0 Å². The molecule has 0 aromatic carbocycles. The fraction of sp³-hybridized carbons (Fsp3) is 0.769. The molecule has 140 valence electrons. The van der Waals surface area contributed by atoms with Gasteiger partial charge in [0.2, 0.25) is 5.91 Å². The molecule has 0 rings (SSSR count). The predicted molar refractivity (Wildman–Crippen MR) is 76.6 cm³/mol. The van der Waals surface area contributed by atoms with Crippen molar-refractivity contribution in [3.8, 4) is 0 Å². The Bertz CT molecular complexity index is 441. The minimum absolute atomic E-state index is 0.285. The van der Waals surface area contributed by atoms with Crippen molar-refractivity contribution >= 4 is 18.0 Å². The summed E-state index contributed by atoms with van der Waals surface area (Å²) in [5.74, 6) is -2.52. The van der Waals surface area contributed by atoms with Crippen LogP contribution in [0.5, 0.6) is 0 Å². The number of carboxylic acids is 1. The number of hydrogen-bond acceptors (Lipinski definition) is 6. The molecule has 0 aliphatic carbocycles. The molecule has 0 bridgehead atoms. The molecule has 0 aromatic heterocycles. The predicted octanol–water partition coefficient (Wildman–Crippen LogP) is 0.335. The lowest BCUT2D eigenvalue weighted by Gasteiger charge is -2.24. The molecular formula is C13H22F2N2O7. The Hall–Kier alpha value is -2.01. The number of alkyl halides is 2. The number of alkyl carbamates (subject to hydrolysis) is 1. The van der Waals surface area contributed by atoms with Gasteiger partial charge in [0, 0.05) is 7.11 Å². The number of rotatable bonds is 9. The van der Waals surface area contributed by atoms with E-state index in [1.807, 2.05) is 5.32 Å². The van der Waals surface area contributed by atoms with Gasteiger partial charge in [0.15, 0.2) is 6.04 Å². The highest BCUT2D eigenvalue weighted by Gasteiger charge is 2.29. The quantitative estimate of drug-likeness (QED) is 0.544. The summed E-state index contributed by atoms with van der Waals surface area (Å²) in [6, 6.07) is -3.00. The first-order valence-electron chi connectivity index (χ1n) is 6.87. The van der Waals surface area contributed by atoms with Crippen LogP contribution in [0.15, 0.2) is 0 Å². The molecule has 0 saturated carbocycles. The minimum atomic E-state index is -3.18. The highest BCUT2D eigenvalue weighted by atomic mass is 19.3. The Kier molecular flexibility index (Phi) is 9.14. The second-order valence-electron chi connectivity index (χ2n) is 5.65. The van der Waals surface area contributed by atoms with Crippen LogP contribution >= 0.6 is 0 Å². The van der Waals surface area contributed by atoms with E-state index in [2.05, 4.69) is 10.1 Å². The first kappa shape index (κ1) is 22.0. The van der Waals surface area contributed by atoms with Gasteiger partial charge >= 0.3 is 18.7 Å². The van der Waals surface area contributed by atoms with Gasteiger partial charge in [0.05, 0.1) is 13.2 Å². The standard InChI is InChI=1S/C13H22F2N2O7/c1-13(2,3)24-12(21)17-7(5-22-4)9(18)16-8(10(19)20)6-23-11(14)15/h7-8,11H,5-6H2,1-4H3,(H,16,18)(H,17,21)(H,19,20)/t7-,8-/m0/s1. The van der Waals surface area contributed by atoms with Crippen LogP contribution in [0, 0.1) is 0 Å². The molecule has 0 unspecified atom stereocenters. The molecule has 11 heteroatoms. The van der Waals surface area contributed by atoms with E-state index in [1.165, 1.54) is 7.11 Å². The molecule has 3 N–H and O–H groups in total. The molecule has 2 atom stereocenters. The Balaban J connectivity index is 4.81. The van der Waals surface area contributed by atoms with E-state index in [4.69, 9.17) is 14.6 Å². The van der Waals surface area contributed by atoms with Crippen molar-refractivity contribution in [2.24, 2.45) is 0 Å². The van der Waals surface area contributed by atoms with Crippen LogP contribution in [-0.4, -0.2) is 67.7 Å². The Morgan fingerprint density at radius 3 is 2.08 bits per heavy atom. The fourth-order valence-electron chi connectivity index (χ4n) is 1.42. The third-order valence-corrected chi connectivity index (χ3v) is 2.34. The van der Waals surface area contributed by atoms with E-state index in [-0.39, 0.29) is 6.61 Å². The van der Waals surface area contributed by atoms with E-state index in [0.717, 1.165) is 0 Å². The molecule has 0 spiro atoms. The number of halogens is 2. The number of carbonyl (C=O) groups excluding carboxylic acids is 2. The van der Waals surface area contributed by atoms with Gasteiger partial charge in [-0.25, -0.2) is 9.59 Å². The lowest BCUT2D eigenvalue weighted by Crippen LogP contribution is -2.55. The van der Waals surface area contributed by atoms with E-state index in [9.17, 15) is 23.2 Å². The first-order valence-corrected chi connectivity index (χ1v) is 6.87. The minimum Gasteiger partial charge on any atom is -0.480 e. The molecule has 0 aliphatic heterocycles. The number of nitrogens with one attached hydrogen (secondary N) is 2. The van der Waals surface area contributed by atoms with Crippen molar-refractivity contribution < 1.29 is 42.5 Å². The van der Waals surface area contributed by atoms with E-state index in [1.54, 1.807) is 20.8 Å². The summed E-state index contributed by atoms with van der Waals surface area (Å²) in [5, 5.41) is 13.1. The van der Waals surface area contributed by atoms with Crippen molar-refractivity contribution in [2.45, 2.75) is 45.1 Å². The molecule has 0 aliphatic rings. The molecule has 2 amide bonds. The summed E-state index contributed by atoms with van der Waals surface area (Å²) >= 11 is 0. The van der Waals surface area contributed by atoms with Crippen LogP contribution in [0.3, 0.4) is 0 Å². The van der Waals surface area contributed by atoms with Gasteiger partial charge in [0.1, 0.15) is 11.6 Å². The number of hydrogen-bond donors (Lipinski definition) is 3. The number of carboxylic acid groups (broad SMARTS) is 1. The van der Waals surface area contributed by atoms with Gasteiger partial charge in [-0.2, -0.15) is 8.78 Å². The maximum atomic E-state index is 12.0. The van der Waals surface area contributed by atoms with Crippen LogP contribution in [0.2, 0.25) is 0 Å². The summed E-state index contributed by atoms with van der Waals surface area (Å²) in [6.45, 7) is 0.427. The summed E-state index contributed by atoms with van der Waals surface area (Å²) in [4.78, 5) is 34.7. The third-order valence-electron chi connectivity index (χ3n) is 2.34. The van der Waals surface area contributed by atoms with Crippen molar-refractivity contribution in [3.05, 3.63) is 0 Å². The highest BCUT2D eigenvalue weighted by Crippen LogP contribution is 2.07. The van der Waals surface area contributed by atoms with Crippen LogP contribution in [0.1, 0.15) is 20.8 Å². The number of carbonyl (C=O) groups is 3. The van der Waals surface area contributed by atoms with E-state index < -0.39 is 48.9 Å². The second kappa shape index (κ2) is 9.98. The van der Waals surface area contributed by atoms with Crippen LogP contribution in [0.4, 0.5) is 13.6 Å². The van der Waals surface area contributed by atoms with Gasteiger partial charge in [0.25, 0.3) is 0 Å². The Morgan fingerprint density at radius 1 is 1.08 bits per heavy atom. The maximum Gasteiger partial charge on any atom is 0.408 e. The summed E-state index contributed by atoms with van der Waals surface area (Å²) in [7, 11) is 1.26. The SMILES string of the molecule is COC[C@H](NC(=O)OC(C)(C)C)C(=O)N[C@@H](COC(F)F)C(=O)O. The van der Waals surface area contributed by atoms with Gasteiger partial charge in [-0.3, -0.25) is 4.79 Å². The second-order valence-corrected chi connectivity index (χ2v) is 5.65. The van der Waals surface area contributed by atoms with Crippen molar-refractivity contribution in [1.82, 2.24) is 10.6 Å². The van der Waals surface area contributed by atoms with E-state index in [0.29, 0.717) is 0 Å². The number of amides is 2. The number of aliphatic carboxylic acids is 1. The van der Waals surface area contributed by atoms with Crippen molar-refractivity contribution in [3.63, 3.8) is 0 Å². The third kappa shape index (κ3) is 9.90. The zero-order valence-corrected chi connectivity index (χ0v) is 13.8. The molecule has 0 radical (unpaired) electrons. The van der Waals surface area contributed by atoms with Crippen molar-refractivity contribution in [2.75, 3.05) is 20.3 Å². The number of methoxy groups -OCH3 is 1. The lowest BCUT2D eigenvalue weighted by molar-refractivity contribution is -0.156. The first-order chi connectivity index (χ1) is 11.0. The van der Waals surface area contributed by atoms with Crippen LogP contribution < -0.4 is 10.6 Å².